The molecule has 0 unspecified atom stereocenters. The van der Waals surface area contributed by atoms with E-state index in [2.05, 4.69) is 11.4 Å². The smallest absolute Gasteiger partial charge is 0.293 e. The van der Waals surface area contributed by atoms with Gasteiger partial charge in [-0.05, 0) is 49.3 Å². The van der Waals surface area contributed by atoms with Crippen LogP contribution in [0.4, 0.5) is 17.1 Å². The second-order valence-corrected chi connectivity index (χ2v) is 7.43. The number of para-hydroxylation sites is 1. The third-order valence-electron chi connectivity index (χ3n) is 4.55. The summed E-state index contributed by atoms with van der Waals surface area (Å²) in [5.74, 6) is 0.765. The highest BCUT2D eigenvalue weighted by Crippen LogP contribution is 2.34. The Morgan fingerprint density at radius 3 is 2.81 bits per heavy atom. The van der Waals surface area contributed by atoms with Crippen LogP contribution in [0.25, 0.3) is 0 Å². The van der Waals surface area contributed by atoms with Gasteiger partial charge in [-0.1, -0.05) is 18.2 Å². The van der Waals surface area contributed by atoms with Crippen LogP contribution in [0.15, 0.2) is 41.3 Å². The van der Waals surface area contributed by atoms with Crippen LogP contribution in [0, 0.1) is 24.0 Å². The van der Waals surface area contributed by atoms with Gasteiger partial charge in [0.25, 0.3) is 5.69 Å². The number of anilines is 2. The largest absolute Gasteiger partial charge is 0.361 e. The Bertz CT molecular complexity index is 854. The molecule has 2 aromatic rings. The van der Waals surface area contributed by atoms with Crippen LogP contribution in [0.3, 0.4) is 0 Å². The normalized spacial score (nSPS) is 13.7. The van der Waals surface area contributed by atoms with Crippen molar-refractivity contribution in [2.45, 2.75) is 25.2 Å². The van der Waals surface area contributed by atoms with Crippen LogP contribution >= 0.6 is 11.8 Å². The summed E-state index contributed by atoms with van der Waals surface area (Å²) in [4.78, 5) is 26.7. The number of amides is 1. The van der Waals surface area contributed by atoms with Crippen molar-refractivity contribution in [3.8, 4) is 0 Å². The molecule has 0 aliphatic carbocycles. The highest BCUT2D eigenvalue weighted by molar-refractivity contribution is 7.99. The minimum atomic E-state index is -0.458. The summed E-state index contributed by atoms with van der Waals surface area (Å²) < 4.78 is 0. The van der Waals surface area contributed by atoms with Gasteiger partial charge in [0.05, 0.1) is 17.2 Å². The van der Waals surface area contributed by atoms with Gasteiger partial charge in [0, 0.05) is 17.5 Å². The molecule has 0 radical (unpaired) electrons. The number of carbonyl (C=O) groups is 1. The van der Waals surface area contributed by atoms with Crippen molar-refractivity contribution in [3.63, 3.8) is 0 Å². The number of hydrogen-bond donors (Lipinski definition) is 1. The standard InChI is InChI=1S/C19H21N3O3S/c1-13-8-9-16(22(24)25)19(14(13)2)20-18(23)12-21-10-5-11-26-17-7-4-3-6-15(17)21/h3-4,6-9H,5,10-12H2,1-2H3,(H,20,23). The maximum absolute atomic E-state index is 12.7. The zero-order valence-electron chi connectivity index (χ0n) is 14.8. The molecule has 6 nitrogen and oxygen atoms in total. The number of benzene rings is 2. The van der Waals surface area contributed by atoms with E-state index in [1.54, 1.807) is 24.8 Å². The summed E-state index contributed by atoms with van der Waals surface area (Å²) in [5, 5.41) is 14.1. The van der Waals surface area contributed by atoms with Crippen LogP contribution < -0.4 is 10.2 Å². The second-order valence-electron chi connectivity index (χ2n) is 6.30. The van der Waals surface area contributed by atoms with E-state index in [1.807, 2.05) is 30.0 Å². The molecule has 26 heavy (non-hydrogen) atoms. The topological polar surface area (TPSA) is 75.5 Å². The third-order valence-corrected chi connectivity index (χ3v) is 5.69. The molecule has 136 valence electrons. The molecule has 1 aliphatic heterocycles. The minimum Gasteiger partial charge on any atom is -0.361 e. The van der Waals surface area contributed by atoms with Crippen LogP contribution in [0.2, 0.25) is 0 Å². The number of fused-ring (bicyclic) bond motifs is 1. The van der Waals surface area contributed by atoms with E-state index in [1.165, 1.54) is 6.07 Å². The number of thioether (sulfide) groups is 1. The van der Waals surface area contributed by atoms with E-state index in [9.17, 15) is 14.9 Å². The number of carbonyl (C=O) groups excluding carboxylic acids is 1. The number of nitro groups is 1. The maximum Gasteiger partial charge on any atom is 0.293 e. The van der Waals surface area contributed by atoms with Gasteiger partial charge >= 0.3 is 0 Å². The van der Waals surface area contributed by atoms with Crippen LogP contribution in [-0.2, 0) is 4.79 Å². The molecule has 3 rings (SSSR count). The Hall–Kier alpha value is -2.54. The number of hydrogen-bond acceptors (Lipinski definition) is 5. The SMILES string of the molecule is Cc1ccc([N+](=O)[O-])c(NC(=O)CN2CCCSc3ccccc32)c1C. The summed E-state index contributed by atoms with van der Waals surface area (Å²) in [6, 6.07) is 11.2. The molecule has 1 aliphatic rings. The van der Waals surface area contributed by atoms with Gasteiger partial charge in [0.2, 0.25) is 5.91 Å². The highest BCUT2D eigenvalue weighted by atomic mass is 32.2. The van der Waals surface area contributed by atoms with Gasteiger partial charge in [-0.25, -0.2) is 0 Å². The fraction of sp³-hybridized carbons (Fsp3) is 0.316. The average molecular weight is 371 g/mol. The van der Waals surface area contributed by atoms with E-state index in [0.717, 1.165) is 40.4 Å². The molecule has 1 N–H and O–H groups in total. The Morgan fingerprint density at radius 2 is 2.04 bits per heavy atom. The number of nitrogens with zero attached hydrogens (tertiary/aromatic N) is 2. The van der Waals surface area contributed by atoms with Crippen LogP contribution in [-0.4, -0.2) is 29.7 Å². The molecule has 0 fully saturated rings. The lowest BCUT2D eigenvalue weighted by Gasteiger charge is -2.24. The van der Waals surface area contributed by atoms with Crippen LogP contribution in [0.1, 0.15) is 17.5 Å². The van der Waals surface area contributed by atoms with Gasteiger partial charge in [-0.2, -0.15) is 0 Å². The van der Waals surface area contributed by atoms with Crippen molar-refractivity contribution < 1.29 is 9.72 Å². The minimum absolute atomic E-state index is 0.0757. The van der Waals surface area contributed by atoms with E-state index in [4.69, 9.17) is 0 Å². The zero-order valence-corrected chi connectivity index (χ0v) is 15.6. The molecule has 1 heterocycles. The van der Waals surface area contributed by atoms with E-state index < -0.39 is 4.92 Å². The second kappa shape index (κ2) is 7.78. The number of nitrogens with one attached hydrogen (secondary N) is 1. The molecule has 0 atom stereocenters. The average Bonchev–Trinajstić information content (AvgIpc) is 2.81. The van der Waals surface area contributed by atoms with E-state index >= 15 is 0 Å². The summed E-state index contributed by atoms with van der Waals surface area (Å²) in [5.41, 5.74) is 2.88. The molecule has 1 amide bonds. The fourth-order valence-corrected chi connectivity index (χ4v) is 4.04. The molecule has 0 saturated heterocycles. The lowest BCUT2D eigenvalue weighted by Crippen LogP contribution is -2.34. The van der Waals surface area contributed by atoms with Crippen LogP contribution in [0.5, 0.6) is 0 Å². The van der Waals surface area contributed by atoms with Gasteiger partial charge in [0.15, 0.2) is 0 Å². The van der Waals surface area contributed by atoms with E-state index in [0.29, 0.717) is 0 Å². The Balaban J connectivity index is 1.82. The summed E-state index contributed by atoms with van der Waals surface area (Å²) in [7, 11) is 0. The lowest BCUT2D eigenvalue weighted by molar-refractivity contribution is -0.384. The predicted octanol–water partition coefficient (Wildman–Crippen LogP) is 4.15. The number of nitro benzene ring substituents is 1. The lowest BCUT2D eigenvalue weighted by atomic mass is 10.1. The van der Waals surface area contributed by atoms with Crippen molar-refractivity contribution in [3.05, 3.63) is 57.6 Å². The van der Waals surface area contributed by atoms with Gasteiger partial charge in [-0.15, -0.1) is 11.8 Å². The van der Waals surface area contributed by atoms with Crippen molar-refractivity contribution >= 4 is 34.7 Å². The first-order chi connectivity index (χ1) is 12.5. The molecule has 0 saturated carbocycles. The van der Waals surface area contributed by atoms with Gasteiger partial charge in [-0.3, -0.25) is 14.9 Å². The Morgan fingerprint density at radius 1 is 1.27 bits per heavy atom. The van der Waals surface area contributed by atoms with Crippen molar-refractivity contribution in [1.82, 2.24) is 0 Å². The molecule has 2 aromatic carbocycles. The maximum atomic E-state index is 12.7. The van der Waals surface area contributed by atoms with Crippen molar-refractivity contribution in [1.29, 1.82) is 0 Å². The summed E-state index contributed by atoms with van der Waals surface area (Å²) in [6.07, 6.45) is 0.982. The first kappa shape index (κ1) is 18.3. The molecule has 0 aromatic heterocycles. The molecular formula is C19H21N3O3S. The summed E-state index contributed by atoms with van der Waals surface area (Å²) >= 11 is 1.79. The first-order valence-corrected chi connectivity index (χ1v) is 9.47. The van der Waals surface area contributed by atoms with Gasteiger partial charge in [0.1, 0.15) is 5.69 Å². The zero-order chi connectivity index (χ0) is 18.7. The van der Waals surface area contributed by atoms with Crippen molar-refractivity contribution in [2.75, 3.05) is 29.1 Å². The Kier molecular flexibility index (Phi) is 5.46. The highest BCUT2D eigenvalue weighted by Gasteiger charge is 2.22. The Labute approximate surface area is 156 Å². The molecule has 0 spiro atoms. The predicted molar refractivity (Wildman–Crippen MR) is 105 cm³/mol. The summed E-state index contributed by atoms with van der Waals surface area (Å²) in [6.45, 7) is 4.61. The molecule has 0 bridgehead atoms. The molecule has 7 heteroatoms. The first-order valence-electron chi connectivity index (χ1n) is 8.48. The fourth-order valence-electron chi connectivity index (χ4n) is 3.03. The third kappa shape index (κ3) is 3.83. The number of aryl methyl sites for hydroxylation is 1. The number of rotatable bonds is 4. The quantitative estimate of drug-likeness (QED) is 0.645. The van der Waals surface area contributed by atoms with Gasteiger partial charge < -0.3 is 10.2 Å². The van der Waals surface area contributed by atoms with E-state index in [-0.39, 0.29) is 23.8 Å². The monoisotopic (exact) mass is 371 g/mol. The van der Waals surface area contributed by atoms with Crippen molar-refractivity contribution in [2.24, 2.45) is 0 Å². The molecular weight excluding hydrogens is 350 g/mol.